The zero-order chi connectivity index (χ0) is 22.5. The van der Waals surface area contributed by atoms with Crippen molar-refractivity contribution in [1.82, 2.24) is 4.90 Å². The van der Waals surface area contributed by atoms with Gasteiger partial charge in [-0.25, -0.2) is 9.79 Å². The SMILES string of the molecule is CCOc1cc(/C=C2/N=C(c3ccc(C)cc3)OC2=O)ccc1OC(C)C(=O)N(C)C. The minimum Gasteiger partial charge on any atom is -0.490 e. The Hall–Kier alpha value is -3.61. The number of esters is 1. The summed E-state index contributed by atoms with van der Waals surface area (Å²) in [7, 11) is 3.35. The van der Waals surface area contributed by atoms with E-state index in [2.05, 4.69) is 4.99 Å². The number of ether oxygens (including phenoxy) is 3. The van der Waals surface area contributed by atoms with Crippen molar-refractivity contribution < 1.29 is 23.8 Å². The second-order valence-corrected chi connectivity index (χ2v) is 7.33. The van der Waals surface area contributed by atoms with Crippen molar-refractivity contribution in [2.75, 3.05) is 20.7 Å². The lowest BCUT2D eigenvalue weighted by Crippen LogP contribution is -2.35. The van der Waals surface area contributed by atoms with Crippen LogP contribution in [0.15, 0.2) is 53.2 Å². The maximum absolute atomic E-state index is 12.3. The Morgan fingerprint density at radius 1 is 1.16 bits per heavy atom. The number of amides is 1. The number of nitrogens with zero attached hydrogens (tertiary/aromatic N) is 2. The van der Waals surface area contributed by atoms with Crippen molar-refractivity contribution >= 4 is 23.9 Å². The van der Waals surface area contributed by atoms with Crippen molar-refractivity contribution in [1.29, 1.82) is 0 Å². The number of carbonyl (C=O) groups excluding carboxylic acids is 2. The summed E-state index contributed by atoms with van der Waals surface area (Å²) < 4.78 is 16.8. The van der Waals surface area contributed by atoms with Crippen molar-refractivity contribution in [3.8, 4) is 11.5 Å². The topological polar surface area (TPSA) is 77.4 Å². The summed E-state index contributed by atoms with van der Waals surface area (Å²) in [6.07, 6.45) is 0.967. The van der Waals surface area contributed by atoms with Crippen LogP contribution in [0.1, 0.15) is 30.5 Å². The van der Waals surface area contributed by atoms with Gasteiger partial charge in [-0.15, -0.1) is 0 Å². The van der Waals surface area contributed by atoms with Crippen molar-refractivity contribution in [3.05, 3.63) is 64.9 Å². The maximum atomic E-state index is 12.3. The Morgan fingerprint density at radius 3 is 2.52 bits per heavy atom. The number of benzene rings is 2. The molecule has 0 aliphatic carbocycles. The molecule has 3 rings (SSSR count). The first kappa shape index (κ1) is 22.1. The maximum Gasteiger partial charge on any atom is 0.363 e. The minimum atomic E-state index is -0.662. The first-order chi connectivity index (χ1) is 14.8. The van der Waals surface area contributed by atoms with Crippen LogP contribution in [0, 0.1) is 6.92 Å². The summed E-state index contributed by atoms with van der Waals surface area (Å²) in [6, 6.07) is 12.8. The second-order valence-electron chi connectivity index (χ2n) is 7.33. The Morgan fingerprint density at radius 2 is 1.87 bits per heavy atom. The molecule has 0 saturated heterocycles. The summed E-state index contributed by atoms with van der Waals surface area (Å²) in [5.41, 5.74) is 2.74. The van der Waals surface area contributed by atoms with Gasteiger partial charge in [0, 0.05) is 19.7 Å². The molecule has 31 heavy (non-hydrogen) atoms. The highest BCUT2D eigenvalue weighted by Crippen LogP contribution is 2.31. The number of likely N-dealkylation sites (N-methyl/N-ethyl adjacent to an activating group) is 1. The van der Waals surface area contributed by atoms with E-state index < -0.39 is 12.1 Å². The van der Waals surface area contributed by atoms with E-state index in [9.17, 15) is 9.59 Å². The van der Waals surface area contributed by atoms with Crippen LogP contribution < -0.4 is 9.47 Å². The molecule has 0 aromatic heterocycles. The van der Waals surface area contributed by atoms with Crippen LogP contribution in [0.3, 0.4) is 0 Å². The number of aryl methyl sites for hydroxylation is 1. The van der Waals surface area contributed by atoms with Crippen LogP contribution in [0.4, 0.5) is 0 Å². The van der Waals surface area contributed by atoms with Gasteiger partial charge in [0.2, 0.25) is 5.90 Å². The molecule has 2 aromatic rings. The molecule has 1 unspecified atom stereocenters. The molecule has 162 valence electrons. The van der Waals surface area contributed by atoms with E-state index in [0.717, 1.165) is 11.1 Å². The largest absolute Gasteiger partial charge is 0.490 e. The molecule has 1 aliphatic heterocycles. The second kappa shape index (κ2) is 9.47. The molecule has 0 fully saturated rings. The number of rotatable bonds is 7. The molecule has 0 saturated carbocycles. The molecule has 7 nitrogen and oxygen atoms in total. The first-order valence-electron chi connectivity index (χ1n) is 10.0. The van der Waals surface area contributed by atoms with Gasteiger partial charge in [0.05, 0.1) is 6.61 Å². The van der Waals surface area contributed by atoms with Gasteiger partial charge >= 0.3 is 5.97 Å². The molecular weight excluding hydrogens is 396 g/mol. The van der Waals surface area contributed by atoms with Gasteiger partial charge in [-0.05, 0) is 56.7 Å². The number of cyclic esters (lactones) is 1. The molecule has 0 bridgehead atoms. The molecule has 1 heterocycles. The van der Waals surface area contributed by atoms with Crippen molar-refractivity contribution in [2.45, 2.75) is 26.9 Å². The van der Waals surface area contributed by atoms with Crippen molar-refractivity contribution in [3.63, 3.8) is 0 Å². The van der Waals surface area contributed by atoms with E-state index >= 15 is 0 Å². The average molecular weight is 422 g/mol. The highest BCUT2D eigenvalue weighted by Gasteiger charge is 2.24. The van der Waals surface area contributed by atoms with Crippen LogP contribution in [0.2, 0.25) is 0 Å². The van der Waals surface area contributed by atoms with Crippen LogP contribution in [0.25, 0.3) is 6.08 Å². The molecule has 1 amide bonds. The fourth-order valence-corrected chi connectivity index (χ4v) is 2.97. The normalized spacial score (nSPS) is 15.3. The molecule has 7 heteroatoms. The Bertz CT molecular complexity index is 1040. The molecule has 1 aliphatic rings. The lowest BCUT2D eigenvalue weighted by atomic mass is 10.1. The monoisotopic (exact) mass is 422 g/mol. The number of hydrogen-bond acceptors (Lipinski definition) is 6. The molecule has 2 aromatic carbocycles. The van der Waals surface area contributed by atoms with Gasteiger partial charge < -0.3 is 19.1 Å². The number of carbonyl (C=O) groups is 2. The van der Waals surface area contributed by atoms with Crippen LogP contribution >= 0.6 is 0 Å². The van der Waals surface area contributed by atoms with Gasteiger partial charge in [0.1, 0.15) is 0 Å². The van der Waals surface area contributed by atoms with Gasteiger partial charge in [-0.2, -0.15) is 0 Å². The van der Waals surface area contributed by atoms with E-state index in [1.807, 2.05) is 38.1 Å². The van der Waals surface area contributed by atoms with Gasteiger partial charge in [-0.1, -0.05) is 23.8 Å². The van der Waals surface area contributed by atoms with Crippen molar-refractivity contribution in [2.24, 2.45) is 4.99 Å². The first-order valence-corrected chi connectivity index (χ1v) is 10.0. The smallest absolute Gasteiger partial charge is 0.363 e. The third kappa shape index (κ3) is 5.31. The standard InChI is InChI=1S/C24H26N2O5/c1-6-29-21-14-17(9-12-20(21)30-16(3)23(27)26(4)5)13-19-24(28)31-22(25-19)18-10-7-15(2)8-11-18/h7-14,16H,6H2,1-5H3/b19-13+. The molecular formula is C24H26N2O5. The minimum absolute atomic E-state index is 0.152. The average Bonchev–Trinajstić information content (AvgIpc) is 3.10. The third-order valence-electron chi connectivity index (χ3n) is 4.58. The molecule has 0 N–H and O–H groups in total. The summed E-state index contributed by atoms with van der Waals surface area (Å²) in [5.74, 6) is 0.533. The van der Waals surface area contributed by atoms with Gasteiger partial charge in [0.15, 0.2) is 23.3 Å². The highest BCUT2D eigenvalue weighted by molar-refractivity contribution is 6.12. The summed E-state index contributed by atoms with van der Waals surface area (Å²) >= 11 is 0. The van der Waals surface area contributed by atoms with Gasteiger partial charge in [0.25, 0.3) is 5.91 Å². The van der Waals surface area contributed by atoms with Crippen LogP contribution in [-0.4, -0.2) is 49.5 Å². The summed E-state index contributed by atoms with van der Waals surface area (Å²) in [4.78, 5) is 30.2. The van der Waals surface area contributed by atoms with E-state index in [-0.39, 0.29) is 17.5 Å². The van der Waals surface area contributed by atoms with Crippen LogP contribution in [0.5, 0.6) is 11.5 Å². The third-order valence-corrected chi connectivity index (χ3v) is 4.58. The summed E-state index contributed by atoms with van der Waals surface area (Å²) in [6.45, 7) is 5.95. The highest BCUT2D eigenvalue weighted by atomic mass is 16.6. The number of hydrogen-bond donors (Lipinski definition) is 0. The molecule has 1 atom stereocenters. The quantitative estimate of drug-likeness (QED) is 0.503. The van der Waals surface area contributed by atoms with E-state index in [0.29, 0.717) is 23.7 Å². The fraction of sp³-hybridized carbons (Fsp3) is 0.292. The molecule has 0 spiro atoms. The Kier molecular flexibility index (Phi) is 6.74. The van der Waals surface area contributed by atoms with E-state index in [1.165, 1.54) is 4.90 Å². The fourth-order valence-electron chi connectivity index (χ4n) is 2.97. The zero-order valence-electron chi connectivity index (χ0n) is 18.3. The van der Waals surface area contributed by atoms with E-state index in [4.69, 9.17) is 14.2 Å². The van der Waals surface area contributed by atoms with E-state index in [1.54, 1.807) is 45.3 Å². The predicted octanol–water partition coefficient (Wildman–Crippen LogP) is 3.59. The lowest BCUT2D eigenvalue weighted by Gasteiger charge is -2.20. The lowest BCUT2D eigenvalue weighted by molar-refractivity contribution is -0.135. The zero-order valence-corrected chi connectivity index (χ0v) is 18.3. The molecule has 0 radical (unpaired) electrons. The number of aliphatic imine (C=N–C) groups is 1. The Balaban J connectivity index is 1.86. The van der Waals surface area contributed by atoms with Crippen LogP contribution in [-0.2, 0) is 14.3 Å². The Labute approximate surface area is 181 Å². The predicted molar refractivity (Wildman–Crippen MR) is 118 cm³/mol. The summed E-state index contributed by atoms with van der Waals surface area (Å²) in [5, 5.41) is 0. The van der Waals surface area contributed by atoms with Gasteiger partial charge in [-0.3, -0.25) is 4.79 Å².